The lowest BCUT2D eigenvalue weighted by Crippen LogP contribution is -2.59. The van der Waals surface area contributed by atoms with E-state index in [9.17, 15) is 29.2 Å². The van der Waals surface area contributed by atoms with Gasteiger partial charge in [0, 0.05) is 84.0 Å². The van der Waals surface area contributed by atoms with Gasteiger partial charge in [0.15, 0.2) is 36.7 Å². The molecule has 26 heteroatoms. The molecule has 15 rings (SSSR count). The molecule has 6 aliphatic heterocycles. The van der Waals surface area contributed by atoms with Crippen LogP contribution in [0.2, 0.25) is 0 Å². The average Bonchev–Trinajstić information content (AvgIpc) is 1.54. The number of Topliss-reactive ketones (excluding diaryl/α,β-unsaturated/α-hetero) is 2. The summed E-state index contributed by atoms with van der Waals surface area (Å²) in [4.78, 5) is 73.6. The minimum Gasteiger partial charge on any atom is -0.462 e. The second kappa shape index (κ2) is 46.5. The molecule has 6 heterocycles. The number of methoxy groups -OCH3 is 6. The zero-order valence-corrected chi connectivity index (χ0v) is 83.5. The van der Waals surface area contributed by atoms with Gasteiger partial charge in [-0.15, -0.1) is 0 Å². The molecule has 13 aliphatic rings. The SMILES string of the molecule is CC(C)=CC1C(C(=O)OC(C#N)c2cccc(Oc3ccccc3)c2)C1(C)C.CC[C@H]1CCC[C@H](O[C@H]2CC[C@H](N(C)C)[C@@H](C)O2)[C@@H](C)C(=O)C2=C[C@@H]3[C@@H](C=C(C)[C@@H]4C[C@@H](O[C@@H]5O[C@@H](C)[C@H](OC)[C@@H](OC)[C@H]5OC)C[C@@H]34)[C@@H]2CC(=O)O1.CC[C@H]1CCC[C@H](O[C@H]2CC[C@H](N(C)C)[C@@H](C)O2)[C@@H](C)C(=O)C2=C[C@@H]3[C@@H](C=C[C@@H]4C[C@@H](O[C@@H]5O[C@@H](C)[C@H](OC)[C@@H](OC)[C@H]5OC)C[C@@H]34)[C@@H]2CC(=O)O1. The maximum Gasteiger partial charge on any atom is 0.311 e. The first kappa shape index (κ1) is 104. The van der Waals surface area contributed by atoms with Gasteiger partial charge in [0.1, 0.15) is 66.4 Å². The Kier molecular flexibility index (Phi) is 36.4. The lowest BCUT2D eigenvalue weighted by Gasteiger charge is -2.44. The molecule has 0 amide bonds. The van der Waals surface area contributed by atoms with Crippen molar-refractivity contribution in [1.29, 1.82) is 5.26 Å². The van der Waals surface area contributed by atoms with Crippen LogP contribution in [0.15, 0.2) is 113 Å². The van der Waals surface area contributed by atoms with Gasteiger partial charge in [-0.3, -0.25) is 24.0 Å². The average molecular weight is 1850 g/mol. The quantitative estimate of drug-likeness (QED) is 0.0536. The highest BCUT2D eigenvalue weighted by atomic mass is 16.7. The maximum atomic E-state index is 14.7. The molecule has 738 valence electrons. The number of nitriles is 1. The lowest BCUT2D eigenvalue weighted by atomic mass is 9.67. The van der Waals surface area contributed by atoms with E-state index in [0.717, 1.165) is 101 Å². The summed E-state index contributed by atoms with van der Waals surface area (Å²) in [6, 6.07) is 19.3. The van der Waals surface area contributed by atoms with E-state index >= 15 is 0 Å². The molecule has 26 nitrogen and oxygen atoms in total. The summed E-state index contributed by atoms with van der Waals surface area (Å²) in [5.41, 5.74) is 4.47. The molecular formula is C107H157N3O23. The summed E-state index contributed by atoms with van der Waals surface area (Å²) >= 11 is 0. The van der Waals surface area contributed by atoms with Gasteiger partial charge in [0.25, 0.3) is 0 Å². The van der Waals surface area contributed by atoms with Crippen LogP contribution in [0.1, 0.15) is 217 Å². The van der Waals surface area contributed by atoms with Crippen LogP contribution in [-0.2, 0) is 104 Å². The summed E-state index contributed by atoms with van der Waals surface area (Å²) in [5.74, 6) is 0.929. The molecule has 2 aromatic carbocycles. The van der Waals surface area contributed by atoms with Crippen LogP contribution in [-0.4, -0.2) is 245 Å². The fraction of sp³-hybridized carbons (Fsp3) is 0.738. The molecule has 9 fully saturated rings. The molecule has 7 aliphatic carbocycles. The largest absolute Gasteiger partial charge is 0.462 e. The predicted octanol–water partition coefficient (Wildman–Crippen LogP) is 17.2. The number of ketones is 2. The third-order valence-corrected chi connectivity index (χ3v) is 32.1. The number of fused-ring (bicyclic) bond motifs is 10. The van der Waals surface area contributed by atoms with Crippen LogP contribution >= 0.6 is 0 Å². The Morgan fingerprint density at radius 1 is 0.526 bits per heavy atom. The number of allylic oxidation sites excluding steroid dienone is 10. The van der Waals surface area contributed by atoms with Crippen molar-refractivity contribution in [3.8, 4) is 17.6 Å². The topological polar surface area (TPSA) is 282 Å². The van der Waals surface area contributed by atoms with E-state index in [0.29, 0.717) is 53.8 Å². The van der Waals surface area contributed by atoms with Crippen LogP contribution < -0.4 is 4.74 Å². The minimum absolute atomic E-state index is 0.0364. The Balaban J connectivity index is 0.000000178. The number of ether oxygens (including phenoxy) is 18. The summed E-state index contributed by atoms with van der Waals surface area (Å²) in [7, 11) is 18.3. The smallest absolute Gasteiger partial charge is 0.311 e. The molecule has 133 heavy (non-hydrogen) atoms. The molecule has 6 saturated heterocycles. The Bertz CT molecular complexity index is 4400. The van der Waals surface area contributed by atoms with E-state index in [2.05, 4.69) is 129 Å². The Morgan fingerprint density at radius 2 is 1.01 bits per heavy atom. The Hall–Kier alpha value is -6.46. The molecule has 0 aromatic heterocycles. The molecule has 0 spiro atoms. The number of esters is 3. The number of benzene rings is 2. The van der Waals surface area contributed by atoms with Gasteiger partial charge in [-0.25, -0.2) is 0 Å². The molecular weight excluding hydrogens is 1700 g/mol. The highest BCUT2D eigenvalue weighted by Gasteiger charge is 2.62. The van der Waals surface area contributed by atoms with Crippen molar-refractivity contribution in [1.82, 2.24) is 9.80 Å². The maximum absolute atomic E-state index is 14.7. The fourth-order valence-corrected chi connectivity index (χ4v) is 24.7. The number of nitrogens with zero attached hydrogens (tertiary/aromatic N) is 3. The van der Waals surface area contributed by atoms with Gasteiger partial charge in [0.05, 0.1) is 67.6 Å². The van der Waals surface area contributed by atoms with Crippen LogP contribution in [0.3, 0.4) is 0 Å². The predicted molar refractivity (Wildman–Crippen MR) is 501 cm³/mol. The fourth-order valence-electron chi connectivity index (χ4n) is 24.7. The third-order valence-electron chi connectivity index (χ3n) is 32.1. The first-order chi connectivity index (χ1) is 63.7. The molecule has 0 radical (unpaired) electrons. The molecule has 2 aromatic rings. The molecule has 0 N–H and O–H groups in total. The van der Waals surface area contributed by atoms with Gasteiger partial charge in [-0.1, -0.05) is 119 Å². The molecule has 3 unspecified atom stereocenters. The van der Waals surface area contributed by atoms with Crippen LogP contribution in [0.4, 0.5) is 0 Å². The van der Waals surface area contributed by atoms with Gasteiger partial charge in [-0.2, -0.15) is 5.26 Å². The van der Waals surface area contributed by atoms with E-state index in [-0.39, 0.29) is 217 Å². The van der Waals surface area contributed by atoms with Crippen LogP contribution in [0, 0.1) is 99.6 Å². The van der Waals surface area contributed by atoms with Crippen LogP contribution in [0.25, 0.3) is 0 Å². The van der Waals surface area contributed by atoms with Crippen molar-refractivity contribution in [3.63, 3.8) is 0 Å². The van der Waals surface area contributed by atoms with E-state index < -0.39 is 30.9 Å². The van der Waals surface area contributed by atoms with Gasteiger partial charge in [-0.05, 0) is 273 Å². The summed E-state index contributed by atoms with van der Waals surface area (Å²) in [6.45, 7) is 26.7. The van der Waals surface area contributed by atoms with Crippen molar-refractivity contribution in [2.75, 3.05) is 70.8 Å². The number of likely N-dealkylation sites (N-methyl/N-ethyl adjacent to an activating group) is 2. The summed E-state index contributed by atoms with van der Waals surface area (Å²) < 4.78 is 111. The highest BCUT2D eigenvalue weighted by molar-refractivity contribution is 6.00. The zero-order chi connectivity index (χ0) is 95.7. The van der Waals surface area contributed by atoms with Gasteiger partial charge < -0.3 is 95.1 Å². The second-order valence-corrected chi connectivity index (χ2v) is 41.5. The van der Waals surface area contributed by atoms with Crippen molar-refractivity contribution in [2.45, 2.75) is 347 Å². The van der Waals surface area contributed by atoms with Crippen LogP contribution in [0.5, 0.6) is 11.5 Å². The van der Waals surface area contributed by atoms with Gasteiger partial charge >= 0.3 is 17.9 Å². The molecule has 3 saturated carbocycles. The van der Waals surface area contributed by atoms with E-state index in [1.807, 2.05) is 77.9 Å². The van der Waals surface area contributed by atoms with Gasteiger partial charge in [0.2, 0.25) is 6.10 Å². The number of rotatable bonds is 24. The highest BCUT2D eigenvalue weighted by Crippen LogP contribution is 2.61. The first-order valence-electron chi connectivity index (χ1n) is 49.8. The zero-order valence-electron chi connectivity index (χ0n) is 83.5. The number of carbonyl (C=O) groups is 5. The first-order valence-corrected chi connectivity index (χ1v) is 49.8. The Labute approximate surface area is 791 Å². The number of cyclic esters (lactones) is 2. The second-order valence-electron chi connectivity index (χ2n) is 41.5. The molecule has 0 bridgehead atoms. The lowest BCUT2D eigenvalue weighted by molar-refractivity contribution is -0.314. The van der Waals surface area contributed by atoms with Crippen molar-refractivity contribution >= 4 is 29.5 Å². The van der Waals surface area contributed by atoms with E-state index in [1.165, 1.54) is 11.1 Å². The summed E-state index contributed by atoms with van der Waals surface area (Å²) in [5, 5.41) is 9.57. The number of carbonyl (C=O) groups excluding carboxylic acids is 5. The molecule has 37 atom stereocenters. The number of para-hydroxylation sites is 1. The number of hydrogen-bond acceptors (Lipinski definition) is 26. The number of hydrogen-bond donors (Lipinski definition) is 0. The van der Waals surface area contributed by atoms with E-state index in [1.54, 1.807) is 60.9 Å². The standard InChI is InChI=1S/C42H67NO10.C41H65NO10.C24H25NO3/c1-11-26-13-12-14-35(53-37-16-15-34(43(6)7)24(4)49-37)23(3)38(45)33-20-31-29(32(33)21-36(44)51-26)17-22(2)28-18-27(19-30(28)31)52-42-41(48-10)40(47-9)39(46-8)25(5)50-42;1-10-26-12-11-13-34(52-36-17-16-33(42(5)6)23(3)48-36)22(2)37(44)32-20-30-28(31(32)21-35(43)50-26)15-14-25-18-27(19-29(25)30)51-41-40(47-9)39(46-8)38(45-7)24(4)49-41;1-16(2)13-20-22(24(20,3)4)23(26)28-21(15-25)17-9-8-12-19(14-17)27-18-10-6-5-7-11-18/h17,20,23-32,34-35,37,39-42H,11-16,18-19,21H2,1-10H3;14-15,20,22-31,33-34,36,38-41H,10-13,16-19,21H2,1-9H3;5-14,20-22H,1-4H3/t23-,24-,25+,26+,27-,28+,29-,30-,31-,32+,34+,35+,37+,39+,40-,41-,42+;22-,23-,24+,25-,26+,27-,28-,29-,30-,31+,33+,34+,36+,38+,39-,40-,41+;/m11./s1. The third kappa shape index (κ3) is 24.0. The minimum atomic E-state index is -0.962. The normalized spacial score (nSPS) is 40.2. The Morgan fingerprint density at radius 3 is 1.48 bits per heavy atom. The monoisotopic (exact) mass is 1850 g/mol. The van der Waals surface area contributed by atoms with Crippen molar-refractivity contribution in [2.24, 2.45) is 88.3 Å². The van der Waals surface area contributed by atoms with Crippen molar-refractivity contribution < 1.29 is 109 Å². The summed E-state index contributed by atoms with van der Waals surface area (Å²) in [6.07, 6.45) is 20.5. The van der Waals surface area contributed by atoms with Crippen molar-refractivity contribution in [3.05, 3.63) is 119 Å². The van der Waals surface area contributed by atoms with E-state index in [4.69, 9.17) is 85.3 Å².